The fraction of sp³-hybridized carbons (Fsp3) is 0.278. The van der Waals surface area contributed by atoms with Gasteiger partial charge in [-0.1, -0.05) is 18.2 Å². The molecule has 120 valence electrons. The number of ether oxygens (including phenoxy) is 2. The van der Waals surface area contributed by atoms with E-state index in [-0.39, 0.29) is 0 Å². The highest BCUT2D eigenvalue weighted by Gasteiger charge is 2.14. The standard InChI is InChI=1S/C18H20N2O3/c1-19(15-5-3-2-4-6-15)18(21)23-17-9-7-16(8-10-17)20-11-13-22-14-12-20/h2-10H,11-14H2,1H3. The highest BCUT2D eigenvalue weighted by atomic mass is 16.6. The van der Waals surface area contributed by atoms with Crippen LogP contribution in [0.25, 0.3) is 0 Å². The molecular weight excluding hydrogens is 292 g/mol. The predicted molar refractivity (Wildman–Crippen MR) is 90.3 cm³/mol. The van der Waals surface area contributed by atoms with Crippen molar-refractivity contribution in [2.75, 3.05) is 43.2 Å². The number of carbonyl (C=O) groups is 1. The maximum absolute atomic E-state index is 12.2. The molecule has 0 bridgehead atoms. The van der Waals surface area contributed by atoms with Gasteiger partial charge in [0.25, 0.3) is 0 Å². The first-order valence-corrected chi connectivity index (χ1v) is 7.67. The van der Waals surface area contributed by atoms with Crippen LogP contribution in [-0.4, -0.2) is 39.4 Å². The zero-order chi connectivity index (χ0) is 16.1. The number of amides is 1. The molecule has 1 heterocycles. The largest absolute Gasteiger partial charge is 0.419 e. The van der Waals surface area contributed by atoms with E-state index in [1.165, 1.54) is 4.90 Å². The quantitative estimate of drug-likeness (QED) is 0.873. The van der Waals surface area contributed by atoms with E-state index in [1.54, 1.807) is 7.05 Å². The van der Waals surface area contributed by atoms with Gasteiger partial charge in [-0.05, 0) is 36.4 Å². The first-order chi connectivity index (χ1) is 11.2. The van der Waals surface area contributed by atoms with E-state index in [0.29, 0.717) is 5.75 Å². The van der Waals surface area contributed by atoms with Gasteiger partial charge in [0, 0.05) is 31.5 Å². The molecule has 23 heavy (non-hydrogen) atoms. The predicted octanol–water partition coefficient (Wildman–Crippen LogP) is 3.16. The summed E-state index contributed by atoms with van der Waals surface area (Å²) in [5.41, 5.74) is 1.91. The zero-order valence-corrected chi connectivity index (χ0v) is 13.1. The van der Waals surface area contributed by atoms with Crippen LogP contribution in [0.3, 0.4) is 0 Å². The Kier molecular flexibility index (Phi) is 4.78. The first-order valence-electron chi connectivity index (χ1n) is 7.67. The van der Waals surface area contributed by atoms with Gasteiger partial charge < -0.3 is 14.4 Å². The van der Waals surface area contributed by atoms with Crippen molar-refractivity contribution in [3.8, 4) is 5.75 Å². The van der Waals surface area contributed by atoms with Crippen molar-refractivity contribution in [3.05, 3.63) is 54.6 Å². The molecule has 3 rings (SSSR count). The summed E-state index contributed by atoms with van der Waals surface area (Å²) >= 11 is 0. The van der Waals surface area contributed by atoms with E-state index >= 15 is 0 Å². The molecule has 0 unspecified atom stereocenters. The SMILES string of the molecule is CN(C(=O)Oc1ccc(N2CCOCC2)cc1)c1ccccc1. The van der Waals surface area contributed by atoms with E-state index < -0.39 is 6.09 Å². The maximum Gasteiger partial charge on any atom is 0.419 e. The molecule has 0 atom stereocenters. The zero-order valence-electron chi connectivity index (χ0n) is 13.1. The highest BCUT2D eigenvalue weighted by molar-refractivity contribution is 5.88. The Labute approximate surface area is 136 Å². The lowest BCUT2D eigenvalue weighted by molar-refractivity contribution is 0.122. The summed E-state index contributed by atoms with van der Waals surface area (Å²) < 4.78 is 10.8. The molecular formula is C18H20N2O3. The minimum absolute atomic E-state index is 0.407. The van der Waals surface area contributed by atoms with Crippen molar-refractivity contribution < 1.29 is 14.3 Å². The number of hydrogen-bond donors (Lipinski definition) is 0. The minimum atomic E-state index is -0.407. The van der Waals surface area contributed by atoms with Gasteiger partial charge in [0.1, 0.15) is 5.75 Å². The Morgan fingerprint density at radius 1 is 1.04 bits per heavy atom. The smallest absolute Gasteiger partial charge is 0.410 e. The molecule has 1 saturated heterocycles. The second-order valence-electron chi connectivity index (χ2n) is 5.36. The van der Waals surface area contributed by atoms with Crippen molar-refractivity contribution in [1.29, 1.82) is 0 Å². The Balaban J connectivity index is 1.62. The van der Waals surface area contributed by atoms with Gasteiger partial charge >= 0.3 is 6.09 Å². The lowest BCUT2D eigenvalue weighted by Gasteiger charge is -2.28. The lowest BCUT2D eigenvalue weighted by Crippen LogP contribution is -2.36. The molecule has 0 spiro atoms. The second kappa shape index (κ2) is 7.15. The van der Waals surface area contributed by atoms with Gasteiger partial charge in [-0.2, -0.15) is 0 Å². The normalized spacial score (nSPS) is 14.4. The Morgan fingerprint density at radius 3 is 2.35 bits per heavy atom. The van der Waals surface area contributed by atoms with Crippen LogP contribution in [0.2, 0.25) is 0 Å². The van der Waals surface area contributed by atoms with Crippen LogP contribution in [0.5, 0.6) is 5.75 Å². The number of morpholine rings is 1. The summed E-state index contributed by atoms with van der Waals surface area (Å²) in [6, 6.07) is 17.0. The van der Waals surface area contributed by atoms with Gasteiger partial charge in [-0.15, -0.1) is 0 Å². The van der Waals surface area contributed by atoms with Crippen molar-refractivity contribution >= 4 is 17.5 Å². The van der Waals surface area contributed by atoms with Crippen LogP contribution in [0.15, 0.2) is 54.6 Å². The molecule has 0 saturated carbocycles. The average molecular weight is 312 g/mol. The number of nitrogens with zero attached hydrogens (tertiary/aromatic N) is 2. The monoisotopic (exact) mass is 312 g/mol. The summed E-state index contributed by atoms with van der Waals surface area (Å²) in [6.07, 6.45) is -0.407. The number of carbonyl (C=O) groups excluding carboxylic acids is 1. The molecule has 1 amide bonds. The van der Waals surface area contributed by atoms with E-state index in [4.69, 9.17) is 9.47 Å². The molecule has 5 heteroatoms. The van der Waals surface area contributed by atoms with Crippen LogP contribution >= 0.6 is 0 Å². The van der Waals surface area contributed by atoms with Crippen LogP contribution in [0.1, 0.15) is 0 Å². The number of para-hydroxylation sites is 1. The van der Waals surface area contributed by atoms with Crippen molar-refractivity contribution in [2.24, 2.45) is 0 Å². The van der Waals surface area contributed by atoms with Crippen LogP contribution in [0.4, 0.5) is 16.2 Å². The fourth-order valence-corrected chi connectivity index (χ4v) is 2.47. The lowest BCUT2D eigenvalue weighted by atomic mass is 10.2. The average Bonchev–Trinajstić information content (AvgIpc) is 2.63. The Morgan fingerprint density at radius 2 is 1.70 bits per heavy atom. The molecule has 2 aromatic rings. The third kappa shape index (κ3) is 3.81. The van der Waals surface area contributed by atoms with E-state index in [9.17, 15) is 4.79 Å². The van der Waals surface area contributed by atoms with Crippen LogP contribution in [-0.2, 0) is 4.74 Å². The second-order valence-corrected chi connectivity index (χ2v) is 5.36. The van der Waals surface area contributed by atoms with Crippen molar-refractivity contribution in [1.82, 2.24) is 0 Å². The van der Waals surface area contributed by atoms with Crippen LogP contribution < -0.4 is 14.5 Å². The fourth-order valence-electron chi connectivity index (χ4n) is 2.47. The molecule has 1 aliphatic rings. The molecule has 0 aromatic heterocycles. The molecule has 5 nitrogen and oxygen atoms in total. The molecule has 2 aromatic carbocycles. The van der Waals surface area contributed by atoms with E-state index in [0.717, 1.165) is 37.7 Å². The van der Waals surface area contributed by atoms with Gasteiger partial charge in [0.15, 0.2) is 0 Å². The Hall–Kier alpha value is -2.53. The van der Waals surface area contributed by atoms with E-state index in [2.05, 4.69) is 4.90 Å². The summed E-state index contributed by atoms with van der Waals surface area (Å²) in [4.78, 5) is 15.9. The third-order valence-corrected chi connectivity index (χ3v) is 3.84. The first kappa shape index (κ1) is 15.4. The molecule has 0 aliphatic carbocycles. The number of anilines is 2. The number of benzene rings is 2. The van der Waals surface area contributed by atoms with Gasteiger partial charge in [0.05, 0.1) is 13.2 Å². The maximum atomic E-state index is 12.2. The number of hydrogen-bond acceptors (Lipinski definition) is 4. The van der Waals surface area contributed by atoms with Gasteiger partial charge in [-0.3, -0.25) is 4.90 Å². The van der Waals surface area contributed by atoms with E-state index in [1.807, 2.05) is 54.6 Å². The molecule has 1 aliphatic heterocycles. The highest BCUT2D eigenvalue weighted by Crippen LogP contribution is 2.21. The van der Waals surface area contributed by atoms with Gasteiger partial charge in [-0.25, -0.2) is 4.79 Å². The number of rotatable bonds is 3. The van der Waals surface area contributed by atoms with Crippen molar-refractivity contribution in [3.63, 3.8) is 0 Å². The Bertz CT molecular complexity index is 637. The molecule has 0 radical (unpaired) electrons. The molecule has 0 N–H and O–H groups in total. The summed E-state index contributed by atoms with van der Waals surface area (Å²) in [7, 11) is 1.69. The third-order valence-electron chi connectivity index (χ3n) is 3.84. The topological polar surface area (TPSA) is 42.0 Å². The van der Waals surface area contributed by atoms with Crippen LogP contribution in [0, 0.1) is 0 Å². The van der Waals surface area contributed by atoms with Crippen molar-refractivity contribution in [2.45, 2.75) is 0 Å². The summed E-state index contributed by atoms with van der Waals surface area (Å²) in [5, 5.41) is 0. The summed E-state index contributed by atoms with van der Waals surface area (Å²) in [6.45, 7) is 3.27. The summed E-state index contributed by atoms with van der Waals surface area (Å²) in [5.74, 6) is 0.537. The minimum Gasteiger partial charge on any atom is -0.410 e. The molecule has 1 fully saturated rings. The van der Waals surface area contributed by atoms with Gasteiger partial charge in [0.2, 0.25) is 0 Å².